The third-order valence-corrected chi connectivity index (χ3v) is 1.98. The van der Waals surface area contributed by atoms with Gasteiger partial charge in [-0.3, -0.25) is 0 Å². The number of allylic oxidation sites excluding steroid dienone is 2. The summed E-state index contributed by atoms with van der Waals surface area (Å²) < 4.78 is 0. The van der Waals surface area contributed by atoms with Crippen molar-refractivity contribution in [3.8, 4) is 0 Å². The summed E-state index contributed by atoms with van der Waals surface area (Å²) in [4.78, 5) is 0. The lowest BCUT2D eigenvalue weighted by molar-refractivity contribution is 0.538. The summed E-state index contributed by atoms with van der Waals surface area (Å²) in [6, 6.07) is 0. The minimum Gasteiger partial charge on any atom is -0.391 e. The van der Waals surface area contributed by atoms with Crippen molar-refractivity contribution < 1.29 is 0 Å². The molecule has 0 heterocycles. The third-order valence-electron chi connectivity index (χ3n) is 1.98. The van der Waals surface area contributed by atoms with Crippen LogP contribution in [-0.2, 0) is 0 Å². The van der Waals surface area contributed by atoms with Crippen LogP contribution in [0.15, 0.2) is 24.4 Å². The van der Waals surface area contributed by atoms with Crippen LogP contribution >= 0.6 is 0 Å². The summed E-state index contributed by atoms with van der Waals surface area (Å²) in [7, 11) is 1.91. The monoisotopic (exact) mass is 167 g/mol. The minimum absolute atomic E-state index is 0.0546. The van der Waals surface area contributed by atoms with Crippen molar-refractivity contribution in [2.75, 3.05) is 7.05 Å². The molecular formula is C11H21N. The van der Waals surface area contributed by atoms with Crippen LogP contribution in [-0.4, -0.2) is 7.05 Å². The predicted octanol–water partition coefficient (Wildman–Crippen LogP) is 2.96. The molecule has 0 rings (SSSR count). The molecule has 0 aliphatic carbocycles. The Morgan fingerprint density at radius 1 is 1.42 bits per heavy atom. The number of rotatable bonds is 4. The maximum absolute atomic E-state index is 3.96. The van der Waals surface area contributed by atoms with E-state index in [0.29, 0.717) is 5.92 Å². The van der Waals surface area contributed by atoms with E-state index >= 15 is 0 Å². The Morgan fingerprint density at radius 2 is 1.92 bits per heavy atom. The molecule has 0 aliphatic heterocycles. The molecule has 0 radical (unpaired) electrons. The van der Waals surface area contributed by atoms with Gasteiger partial charge in [0.05, 0.1) is 0 Å². The van der Waals surface area contributed by atoms with Gasteiger partial charge in [0.2, 0.25) is 0 Å². The molecule has 0 aromatic carbocycles. The van der Waals surface area contributed by atoms with E-state index in [2.05, 4.69) is 51.7 Å². The van der Waals surface area contributed by atoms with E-state index in [1.165, 1.54) is 0 Å². The zero-order valence-corrected chi connectivity index (χ0v) is 8.94. The van der Waals surface area contributed by atoms with Gasteiger partial charge in [0.15, 0.2) is 0 Å². The summed E-state index contributed by atoms with van der Waals surface area (Å²) in [6.07, 6.45) is 4.42. The second kappa shape index (κ2) is 4.34. The minimum atomic E-state index is 0.0546. The zero-order chi connectivity index (χ0) is 9.78. The first-order chi connectivity index (χ1) is 5.40. The zero-order valence-electron chi connectivity index (χ0n) is 8.94. The third kappa shape index (κ3) is 3.61. The number of nitrogens with one attached hydrogen (secondary N) is 1. The molecule has 0 amide bonds. The number of hydrogen-bond acceptors (Lipinski definition) is 1. The maximum Gasteiger partial charge on any atom is 0.0217 e. The Hall–Kier alpha value is -0.720. The second-order valence-corrected chi connectivity index (χ2v) is 4.05. The van der Waals surface area contributed by atoms with Crippen LogP contribution in [0, 0.1) is 11.3 Å². The Morgan fingerprint density at radius 3 is 2.25 bits per heavy atom. The van der Waals surface area contributed by atoms with E-state index in [1.54, 1.807) is 0 Å². The molecular weight excluding hydrogens is 146 g/mol. The fourth-order valence-electron chi connectivity index (χ4n) is 0.856. The first-order valence-electron chi connectivity index (χ1n) is 4.46. The normalized spacial score (nSPS) is 12.5. The van der Waals surface area contributed by atoms with Gasteiger partial charge in [-0.15, -0.1) is 0 Å². The van der Waals surface area contributed by atoms with Gasteiger partial charge in [-0.25, -0.2) is 0 Å². The fourth-order valence-corrected chi connectivity index (χ4v) is 0.856. The van der Waals surface area contributed by atoms with Crippen molar-refractivity contribution >= 4 is 0 Å². The Bertz CT molecular complexity index is 175. The van der Waals surface area contributed by atoms with Gasteiger partial charge in [0, 0.05) is 18.2 Å². The summed E-state index contributed by atoms with van der Waals surface area (Å²) in [5.41, 5.74) is 1.11. The van der Waals surface area contributed by atoms with Crippen LogP contribution in [0.2, 0.25) is 0 Å². The first-order valence-corrected chi connectivity index (χ1v) is 4.46. The molecule has 0 aliphatic rings. The highest BCUT2D eigenvalue weighted by Gasteiger charge is 2.16. The quantitative estimate of drug-likeness (QED) is 0.635. The molecule has 0 aromatic heterocycles. The van der Waals surface area contributed by atoms with Gasteiger partial charge < -0.3 is 5.32 Å². The van der Waals surface area contributed by atoms with Gasteiger partial charge >= 0.3 is 0 Å². The van der Waals surface area contributed by atoms with E-state index < -0.39 is 0 Å². The molecule has 0 aromatic rings. The highest BCUT2D eigenvalue weighted by Crippen LogP contribution is 2.24. The molecule has 0 saturated heterocycles. The highest BCUT2D eigenvalue weighted by molar-refractivity contribution is 5.14. The maximum atomic E-state index is 3.96. The van der Waals surface area contributed by atoms with Gasteiger partial charge in [-0.1, -0.05) is 46.4 Å². The van der Waals surface area contributed by atoms with Crippen LogP contribution in [0.25, 0.3) is 0 Å². The Kier molecular flexibility index (Phi) is 4.08. The van der Waals surface area contributed by atoms with E-state index in [4.69, 9.17) is 0 Å². The molecule has 12 heavy (non-hydrogen) atoms. The Labute approximate surface area is 76.6 Å². The molecule has 1 N–H and O–H groups in total. The van der Waals surface area contributed by atoms with E-state index in [1.807, 2.05) is 7.05 Å². The average molecular weight is 167 g/mol. The van der Waals surface area contributed by atoms with Gasteiger partial charge in [0.25, 0.3) is 0 Å². The smallest absolute Gasteiger partial charge is 0.0217 e. The molecule has 1 heteroatoms. The predicted molar refractivity (Wildman–Crippen MR) is 56.0 cm³/mol. The largest absolute Gasteiger partial charge is 0.391 e. The molecule has 1 nitrogen and oxygen atoms in total. The molecule has 0 fully saturated rings. The summed E-state index contributed by atoms with van der Waals surface area (Å²) in [5.74, 6) is 0.605. The lowest BCUT2D eigenvalue weighted by Crippen LogP contribution is -2.21. The standard InChI is InChI=1S/C11H21N/c1-9(2)7-8-11(4,5)10(3)12-6/h7-9,12H,3H2,1-2,4-6H3/b8-7+. The van der Waals surface area contributed by atoms with Crippen LogP contribution in [0.5, 0.6) is 0 Å². The van der Waals surface area contributed by atoms with E-state index in [-0.39, 0.29) is 5.41 Å². The summed E-state index contributed by atoms with van der Waals surface area (Å²) in [6.45, 7) is 12.6. The average Bonchev–Trinajstić information content (AvgIpc) is 1.99. The van der Waals surface area contributed by atoms with Crippen molar-refractivity contribution in [2.24, 2.45) is 11.3 Å². The van der Waals surface area contributed by atoms with Gasteiger partial charge in [-0.2, -0.15) is 0 Å². The van der Waals surface area contributed by atoms with Crippen LogP contribution in [0.1, 0.15) is 27.7 Å². The lowest BCUT2D eigenvalue weighted by atomic mass is 9.88. The lowest BCUT2D eigenvalue weighted by Gasteiger charge is -2.23. The van der Waals surface area contributed by atoms with Crippen molar-refractivity contribution in [1.82, 2.24) is 5.32 Å². The van der Waals surface area contributed by atoms with E-state index in [0.717, 1.165) is 5.70 Å². The van der Waals surface area contributed by atoms with Crippen molar-refractivity contribution in [3.05, 3.63) is 24.4 Å². The molecule has 70 valence electrons. The molecule has 0 atom stereocenters. The first kappa shape index (κ1) is 11.3. The van der Waals surface area contributed by atoms with Crippen molar-refractivity contribution in [3.63, 3.8) is 0 Å². The number of hydrogen-bond donors (Lipinski definition) is 1. The molecule has 0 unspecified atom stereocenters. The van der Waals surface area contributed by atoms with Crippen LogP contribution in [0.3, 0.4) is 0 Å². The highest BCUT2D eigenvalue weighted by atomic mass is 14.8. The Balaban J connectivity index is 4.31. The van der Waals surface area contributed by atoms with E-state index in [9.17, 15) is 0 Å². The molecule has 0 saturated carbocycles. The fraction of sp³-hybridized carbons (Fsp3) is 0.636. The van der Waals surface area contributed by atoms with Crippen LogP contribution < -0.4 is 5.32 Å². The molecule has 0 spiro atoms. The SMILES string of the molecule is C=C(NC)C(C)(C)/C=C/C(C)C. The van der Waals surface area contributed by atoms with Gasteiger partial charge in [-0.05, 0) is 5.92 Å². The molecule has 0 bridgehead atoms. The van der Waals surface area contributed by atoms with Crippen molar-refractivity contribution in [2.45, 2.75) is 27.7 Å². The van der Waals surface area contributed by atoms with Crippen molar-refractivity contribution in [1.29, 1.82) is 0 Å². The summed E-state index contributed by atoms with van der Waals surface area (Å²) >= 11 is 0. The van der Waals surface area contributed by atoms with Gasteiger partial charge in [0.1, 0.15) is 0 Å². The second-order valence-electron chi connectivity index (χ2n) is 4.05. The summed E-state index contributed by atoms with van der Waals surface area (Å²) in [5, 5.41) is 3.08. The topological polar surface area (TPSA) is 12.0 Å². The van der Waals surface area contributed by atoms with Crippen LogP contribution in [0.4, 0.5) is 0 Å².